The number of ether oxygens (including phenoxy) is 1. The normalized spacial score (nSPS) is 19.2. The van der Waals surface area contributed by atoms with Crippen LogP contribution in [0.15, 0.2) is 70.1 Å². The molecule has 1 saturated heterocycles. The maximum atomic E-state index is 13.3. The molecular formula is C26H27N3O6S2. The van der Waals surface area contributed by atoms with Gasteiger partial charge in [-0.15, -0.1) is 23.5 Å². The van der Waals surface area contributed by atoms with Crippen molar-refractivity contribution in [2.75, 3.05) is 12.3 Å². The van der Waals surface area contributed by atoms with Gasteiger partial charge in [-0.3, -0.25) is 19.7 Å². The topological polar surface area (TPSA) is 119 Å². The number of esters is 1. The van der Waals surface area contributed by atoms with Crippen molar-refractivity contribution in [2.45, 2.75) is 43.1 Å². The van der Waals surface area contributed by atoms with Gasteiger partial charge < -0.3 is 15.0 Å². The molecule has 4 rings (SSSR count). The Labute approximate surface area is 223 Å². The molecule has 0 bridgehead atoms. The van der Waals surface area contributed by atoms with Crippen LogP contribution >= 0.6 is 23.5 Å². The standard InChI is InChI=1S/C26H27N3O6S2/c1-16(37-20-6-4-3-5-7-20)23-21-14-22(36-13-12-27-17(2)30)24(28(21)25(23)31)26(32)35-15-18-8-10-19(11-9-18)29(33)34/h3-11,16,21,23H,12-15H2,1-2H3,(H,27,30)/t16-,21-,23+/m1/s1. The minimum atomic E-state index is -0.599. The first kappa shape index (κ1) is 26.7. The van der Waals surface area contributed by atoms with Gasteiger partial charge in [-0.2, -0.15) is 0 Å². The molecular weight excluding hydrogens is 514 g/mol. The summed E-state index contributed by atoms with van der Waals surface area (Å²) in [5, 5.41) is 13.6. The molecule has 2 heterocycles. The number of thioether (sulfide) groups is 2. The van der Waals surface area contributed by atoms with E-state index in [0.717, 1.165) is 9.80 Å². The van der Waals surface area contributed by atoms with E-state index in [1.165, 1.54) is 43.0 Å². The van der Waals surface area contributed by atoms with Gasteiger partial charge in [0.1, 0.15) is 12.3 Å². The van der Waals surface area contributed by atoms with Crippen LogP contribution in [0.5, 0.6) is 0 Å². The van der Waals surface area contributed by atoms with Crippen LogP contribution in [0.4, 0.5) is 5.69 Å². The number of hydrogen-bond acceptors (Lipinski definition) is 8. The van der Waals surface area contributed by atoms with Crippen LogP contribution in [0.25, 0.3) is 0 Å². The quantitative estimate of drug-likeness (QED) is 0.113. The summed E-state index contributed by atoms with van der Waals surface area (Å²) in [6.45, 7) is 3.85. The summed E-state index contributed by atoms with van der Waals surface area (Å²) < 4.78 is 5.53. The number of β-lactam (4-membered cyclic amide) rings is 1. The lowest BCUT2D eigenvalue weighted by atomic mass is 9.85. The molecule has 1 fully saturated rings. The Bertz CT molecular complexity index is 1220. The van der Waals surface area contributed by atoms with Crippen LogP contribution in [0, 0.1) is 16.0 Å². The summed E-state index contributed by atoms with van der Waals surface area (Å²) in [6.07, 6.45) is 0.558. The highest BCUT2D eigenvalue weighted by Crippen LogP contribution is 2.49. The van der Waals surface area contributed by atoms with Crippen molar-refractivity contribution in [3.05, 3.63) is 80.9 Å². The fourth-order valence-electron chi connectivity index (χ4n) is 4.45. The van der Waals surface area contributed by atoms with Crippen LogP contribution in [0.3, 0.4) is 0 Å². The summed E-state index contributed by atoms with van der Waals surface area (Å²) in [7, 11) is 0. The maximum Gasteiger partial charge on any atom is 0.356 e. The summed E-state index contributed by atoms with van der Waals surface area (Å²) in [6, 6.07) is 15.6. The molecule has 9 nitrogen and oxygen atoms in total. The number of fused-ring (bicyclic) bond motifs is 1. The molecule has 0 unspecified atom stereocenters. The van der Waals surface area contributed by atoms with E-state index in [0.29, 0.717) is 24.3 Å². The van der Waals surface area contributed by atoms with Gasteiger partial charge in [0.15, 0.2) is 0 Å². The molecule has 2 aromatic rings. The Morgan fingerprint density at radius 2 is 1.89 bits per heavy atom. The van der Waals surface area contributed by atoms with Gasteiger partial charge in [0.05, 0.1) is 16.9 Å². The van der Waals surface area contributed by atoms with Crippen LogP contribution in [0.2, 0.25) is 0 Å². The fraction of sp³-hybridized carbons (Fsp3) is 0.346. The Balaban J connectivity index is 1.46. The molecule has 194 valence electrons. The molecule has 37 heavy (non-hydrogen) atoms. The third-order valence-corrected chi connectivity index (χ3v) is 8.53. The lowest BCUT2D eigenvalue weighted by molar-refractivity contribution is -0.384. The first-order valence-corrected chi connectivity index (χ1v) is 13.7. The summed E-state index contributed by atoms with van der Waals surface area (Å²) >= 11 is 3.09. The van der Waals surface area contributed by atoms with E-state index in [2.05, 4.69) is 5.32 Å². The number of benzene rings is 2. The number of nitro groups is 1. The highest BCUT2D eigenvalue weighted by atomic mass is 32.2. The molecule has 0 saturated carbocycles. The molecule has 3 atom stereocenters. The molecule has 11 heteroatoms. The lowest BCUT2D eigenvalue weighted by Crippen LogP contribution is -2.61. The molecule has 2 aliphatic rings. The Morgan fingerprint density at radius 1 is 1.19 bits per heavy atom. The Kier molecular flexibility index (Phi) is 8.55. The second-order valence-corrected chi connectivity index (χ2v) is 11.4. The maximum absolute atomic E-state index is 13.3. The number of nitrogens with one attached hydrogen (secondary N) is 1. The van der Waals surface area contributed by atoms with E-state index in [1.807, 2.05) is 37.3 Å². The number of nitro benzene ring substituents is 1. The van der Waals surface area contributed by atoms with Crippen LogP contribution in [0.1, 0.15) is 25.8 Å². The highest BCUT2D eigenvalue weighted by Gasteiger charge is 2.57. The molecule has 0 aliphatic carbocycles. The number of nitrogens with zero attached hydrogens (tertiary/aromatic N) is 2. The molecule has 0 radical (unpaired) electrons. The fourth-order valence-corrected chi connectivity index (χ4v) is 6.70. The van der Waals surface area contributed by atoms with Crippen LogP contribution in [-0.2, 0) is 25.7 Å². The third kappa shape index (κ3) is 6.16. The number of amides is 2. The zero-order chi connectivity index (χ0) is 26.5. The number of hydrogen-bond donors (Lipinski definition) is 1. The second-order valence-electron chi connectivity index (χ2n) is 8.74. The van der Waals surface area contributed by atoms with Gasteiger partial charge in [0.2, 0.25) is 11.8 Å². The van der Waals surface area contributed by atoms with Crippen LogP contribution in [-0.4, -0.2) is 51.2 Å². The van der Waals surface area contributed by atoms with E-state index in [9.17, 15) is 24.5 Å². The van der Waals surface area contributed by atoms with Crippen molar-refractivity contribution in [1.82, 2.24) is 10.2 Å². The van der Waals surface area contributed by atoms with Gasteiger partial charge >= 0.3 is 5.97 Å². The predicted molar refractivity (Wildman–Crippen MR) is 142 cm³/mol. The van der Waals surface area contributed by atoms with Gasteiger partial charge in [-0.25, -0.2) is 4.79 Å². The zero-order valence-corrected chi connectivity index (χ0v) is 22.1. The number of carbonyl (C=O) groups is 3. The molecule has 0 aromatic heterocycles. The minimum absolute atomic E-state index is 0.0252. The summed E-state index contributed by atoms with van der Waals surface area (Å²) in [5.41, 5.74) is 0.821. The minimum Gasteiger partial charge on any atom is -0.456 e. The average molecular weight is 542 g/mol. The number of rotatable bonds is 11. The van der Waals surface area contributed by atoms with E-state index in [4.69, 9.17) is 4.74 Å². The molecule has 2 aromatic carbocycles. The summed E-state index contributed by atoms with van der Waals surface area (Å²) in [4.78, 5) is 51.5. The van der Waals surface area contributed by atoms with E-state index >= 15 is 0 Å². The van der Waals surface area contributed by atoms with Gasteiger partial charge in [-0.1, -0.05) is 25.1 Å². The second kappa shape index (κ2) is 11.8. The van der Waals surface area contributed by atoms with Crippen molar-refractivity contribution in [1.29, 1.82) is 0 Å². The van der Waals surface area contributed by atoms with Crippen LogP contribution < -0.4 is 5.32 Å². The molecule has 1 N–H and O–H groups in total. The van der Waals surface area contributed by atoms with Crippen molar-refractivity contribution >= 4 is 47.0 Å². The van der Waals surface area contributed by atoms with Crippen molar-refractivity contribution < 1.29 is 24.0 Å². The smallest absolute Gasteiger partial charge is 0.356 e. The SMILES string of the molecule is CC(=O)NCCSC1=C(C(=O)OCc2ccc([N+](=O)[O-])cc2)N2C(=O)[C@@H]([C@@H](C)Sc3ccccc3)[C@H]2C1. The van der Waals surface area contributed by atoms with Crippen molar-refractivity contribution in [3.63, 3.8) is 0 Å². The lowest BCUT2D eigenvalue weighted by Gasteiger charge is -2.46. The van der Waals surface area contributed by atoms with E-state index in [-0.39, 0.29) is 47.0 Å². The van der Waals surface area contributed by atoms with E-state index in [1.54, 1.807) is 16.7 Å². The first-order valence-electron chi connectivity index (χ1n) is 11.8. The largest absolute Gasteiger partial charge is 0.456 e. The third-order valence-electron chi connectivity index (χ3n) is 6.20. The number of carbonyl (C=O) groups excluding carboxylic acids is 3. The highest BCUT2D eigenvalue weighted by molar-refractivity contribution is 8.03. The molecule has 2 amide bonds. The predicted octanol–water partition coefficient (Wildman–Crippen LogP) is 4.13. The monoisotopic (exact) mass is 541 g/mol. The average Bonchev–Trinajstić information content (AvgIpc) is 3.20. The Hall–Kier alpha value is -3.31. The Morgan fingerprint density at radius 3 is 2.54 bits per heavy atom. The van der Waals surface area contributed by atoms with Crippen molar-refractivity contribution in [2.24, 2.45) is 5.92 Å². The molecule has 2 aliphatic heterocycles. The molecule has 0 spiro atoms. The first-order chi connectivity index (χ1) is 17.8. The van der Waals surface area contributed by atoms with Gasteiger partial charge in [0, 0.05) is 52.8 Å². The van der Waals surface area contributed by atoms with Crippen molar-refractivity contribution in [3.8, 4) is 0 Å². The number of non-ortho nitro benzene ring substituents is 1. The summed E-state index contributed by atoms with van der Waals surface area (Å²) in [5.74, 6) is -0.494. The van der Waals surface area contributed by atoms with Gasteiger partial charge in [0.25, 0.3) is 5.69 Å². The van der Waals surface area contributed by atoms with E-state index < -0.39 is 10.9 Å². The van der Waals surface area contributed by atoms with Gasteiger partial charge in [-0.05, 0) is 29.8 Å². The zero-order valence-electron chi connectivity index (χ0n) is 20.4.